The maximum atomic E-state index is 12.3. The van der Waals surface area contributed by atoms with Crippen LogP contribution in [0.3, 0.4) is 0 Å². The predicted molar refractivity (Wildman–Crippen MR) is 89.1 cm³/mol. The van der Waals surface area contributed by atoms with Gasteiger partial charge in [0.2, 0.25) is 0 Å². The average Bonchev–Trinajstić information content (AvgIpc) is 2.91. The molecule has 0 saturated carbocycles. The Labute approximate surface area is 137 Å². The summed E-state index contributed by atoms with van der Waals surface area (Å²) in [6.45, 7) is 3.69. The highest BCUT2D eigenvalue weighted by atomic mass is 79.9. The van der Waals surface area contributed by atoms with Gasteiger partial charge in [-0.3, -0.25) is 4.72 Å². The second-order valence-corrected chi connectivity index (χ2v) is 8.27. The molecule has 8 heteroatoms. The molecule has 2 rings (SSSR count). The third-order valence-corrected chi connectivity index (χ3v) is 6.17. The first-order valence-corrected chi connectivity index (χ1v) is 9.55. The number of thiophene rings is 1. The molecule has 0 bridgehead atoms. The minimum absolute atomic E-state index is 0.286. The van der Waals surface area contributed by atoms with Crippen LogP contribution in [-0.4, -0.2) is 19.9 Å². The minimum Gasteiger partial charge on any atom is -0.312 e. The second kappa shape index (κ2) is 7.35. The van der Waals surface area contributed by atoms with Gasteiger partial charge in [-0.15, -0.1) is 11.3 Å². The molecule has 2 heterocycles. The van der Waals surface area contributed by atoms with Crippen LogP contribution in [0.5, 0.6) is 0 Å². The highest BCUT2D eigenvalue weighted by Gasteiger charge is 2.18. The Morgan fingerprint density at radius 1 is 1.33 bits per heavy atom. The Morgan fingerprint density at radius 2 is 2.14 bits per heavy atom. The number of halogens is 1. The summed E-state index contributed by atoms with van der Waals surface area (Å²) >= 11 is 4.53. The zero-order chi connectivity index (χ0) is 15.3. The van der Waals surface area contributed by atoms with Crippen molar-refractivity contribution in [2.24, 2.45) is 0 Å². The molecular weight excluding hydrogens is 374 g/mol. The Hall–Kier alpha value is -0.960. The van der Waals surface area contributed by atoms with E-state index in [0.29, 0.717) is 11.0 Å². The summed E-state index contributed by atoms with van der Waals surface area (Å²) in [4.78, 5) is 5.00. The molecule has 2 N–H and O–H groups in total. The van der Waals surface area contributed by atoms with E-state index in [9.17, 15) is 8.42 Å². The van der Waals surface area contributed by atoms with Gasteiger partial charge in [0, 0.05) is 17.6 Å². The quantitative estimate of drug-likeness (QED) is 0.713. The van der Waals surface area contributed by atoms with Crippen LogP contribution >= 0.6 is 27.3 Å². The summed E-state index contributed by atoms with van der Waals surface area (Å²) in [6.07, 6.45) is 2.59. The van der Waals surface area contributed by atoms with Crippen LogP contribution in [-0.2, 0) is 16.6 Å². The lowest BCUT2D eigenvalue weighted by Crippen LogP contribution is -2.13. The van der Waals surface area contributed by atoms with Crippen LogP contribution in [0.15, 0.2) is 39.1 Å². The number of aromatic nitrogens is 1. The Bertz CT molecular complexity index is 701. The summed E-state index contributed by atoms with van der Waals surface area (Å²) in [5, 5.41) is 3.25. The number of nitrogens with zero attached hydrogens (tertiary/aromatic N) is 1. The van der Waals surface area contributed by atoms with Gasteiger partial charge in [-0.1, -0.05) is 6.92 Å². The molecule has 5 nitrogen and oxygen atoms in total. The van der Waals surface area contributed by atoms with Crippen LogP contribution < -0.4 is 10.0 Å². The smallest absolute Gasteiger partial charge is 0.272 e. The lowest BCUT2D eigenvalue weighted by molar-refractivity contribution is 0.603. The molecule has 0 aliphatic heterocycles. The van der Waals surface area contributed by atoms with Gasteiger partial charge in [-0.2, -0.15) is 0 Å². The molecule has 2 aromatic heterocycles. The molecule has 0 aliphatic carbocycles. The van der Waals surface area contributed by atoms with E-state index in [2.05, 4.69) is 37.9 Å². The predicted octanol–water partition coefficient (Wildman–Crippen LogP) is 3.21. The molecule has 0 atom stereocenters. The Kier molecular flexibility index (Phi) is 5.74. The number of hydrogen-bond donors (Lipinski definition) is 2. The van der Waals surface area contributed by atoms with Crippen LogP contribution in [0.25, 0.3) is 0 Å². The molecule has 21 heavy (non-hydrogen) atoms. The fraction of sp³-hybridized carbons (Fsp3) is 0.308. The molecule has 0 amide bonds. The van der Waals surface area contributed by atoms with Crippen molar-refractivity contribution in [2.45, 2.75) is 24.1 Å². The minimum atomic E-state index is -3.60. The van der Waals surface area contributed by atoms with E-state index in [1.165, 1.54) is 17.5 Å². The zero-order valence-corrected chi connectivity index (χ0v) is 14.7. The average molecular weight is 390 g/mol. The van der Waals surface area contributed by atoms with Crippen LogP contribution in [0.1, 0.15) is 18.2 Å². The van der Waals surface area contributed by atoms with E-state index >= 15 is 0 Å². The molecule has 0 aliphatic rings. The first-order valence-electron chi connectivity index (χ1n) is 6.45. The van der Waals surface area contributed by atoms with Crippen molar-refractivity contribution in [2.75, 3.05) is 11.3 Å². The van der Waals surface area contributed by atoms with Crippen LogP contribution in [0.2, 0.25) is 0 Å². The van der Waals surface area contributed by atoms with Crippen molar-refractivity contribution in [3.05, 3.63) is 39.8 Å². The molecule has 0 saturated heterocycles. The lowest BCUT2D eigenvalue weighted by atomic mass is 10.4. The monoisotopic (exact) mass is 389 g/mol. The largest absolute Gasteiger partial charge is 0.312 e. The molecule has 0 unspecified atom stereocenters. The summed E-state index contributed by atoms with van der Waals surface area (Å²) in [6, 6.07) is 6.91. The number of nitrogens with one attached hydrogen (secondary N) is 2. The van der Waals surface area contributed by atoms with Crippen molar-refractivity contribution >= 4 is 43.1 Å². The molecule has 2 aromatic rings. The van der Waals surface area contributed by atoms with Gasteiger partial charge in [0.05, 0.1) is 4.47 Å². The Balaban J connectivity index is 2.11. The standard InChI is InChI=1S/C13H16BrN3O2S2/c1-2-7-15-9-10-5-6-12(20-10)21(18,19)17-13-11(14)4-3-8-16-13/h3-6,8,15H,2,7,9H2,1H3,(H,16,17). The van der Waals surface area contributed by atoms with Gasteiger partial charge >= 0.3 is 0 Å². The highest BCUT2D eigenvalue weighted by Crippen LogP contribution is 2.26. The molecule has 114 valence electrons. The van der Waals surface area contributed by atoms with Gasteiger partial charge < -0.3 is 5.32 Å². The molecule has 0 aromatic carbocycles. The second-order valence-electron chi connectivity index (χ2n) is 4.34. The van der Waals surface area contributed by atoms with Gasteiger partial charge in [0.15, 0.2) is 5.82 Å². The van der Waals surface area contributed by atoms with Crippen molar-refractivity contribution in [1.29, 1.82) is 0 Å². The molecule has 0 spiro atoms. The van der Waals surface area contributed by atoms with Crippen molar-refractivity contribution in [3.8, 4) is 0 Å². The maximum Gasteiger partial charge on any atom is 0.272 e. The number of sulfonamides is 1. The zero-order valence-electron chi connectivity index (χ0n) is 11.5. The van der Waals surface area contributed by atoms with E-state index in [-0.39, 0.29) is 10.0 Å². The fourth-order valence-corrected chi connectivity index (χ4v) is 4.46. The topological polar surface area (TPSA) is 71.1 Å². The number of hydrogen-bond acceptors (Lipinski definition) is 5. The van der Waals surface area contributed by atoms with E-state index < -0.39 is 10.0 Å². The van der Waals surface area contributed by atoms with Gasteiger partial charge in [0.1, 0.15) is 4.21 Å². The normalized spacial score (nSPS) is 11.5. The summed E-state index contributed by atoms with van der Waals surface area (Å²) in [5.74, 6) is 0.288. The maximum absolute atomic E-state index is 12.3. The third kappa shape index (κ3) is 4.50. The fourth-order valence-electron chi connectivity index (χ4n) is 1.62. The molecule has 0 radical (unpaired) electrons. The lowest BCUT2D eigenvalue weighted by Gasteiger charge is -2.06. The number of anilines is 1. The number of pyridine rings is 1. The summed E-state index contributed by atoms with van der Waals surface area (Å²) < 4.78 is 28.0. The van der Waals surface area contributed by atoms with Crippen LogP contribution in [0.4, 0.5) is 5.82 Å². The first kappa shape index (κ1) is 16.4. The SMILES string of the molecule is CCCNCc1ccc(S(=O)(=O)Nc2ncccc2Br)s1. The van der Waals surface area contributed by atoms with E-state index in [1.54, 1.807) is 18.2 Å². The third-order valence-electron chi connectivity index (χ3n) is 2.62. The highest BCUT2D eigenvalue weighted by molar-refractivity contribution is 9.10. The van der Waals surface area contributed by atoms with Gasteiger partial charge in [-0.05, 0) is 53.2 Å². The van der Waals surface area contributed by atoms with Gasteiger partial charge in [-0.25, -0.2) is 13.4 Å². The van der Waals surface area contributed by atoms with E-state index in [0.717, 1.165) is 17.8 Å². The van der Waals surface area contributed by atoms with Crippen molar-refractivity contribution in [1.82, 2.24) is 10.3 Å². The Morgan fingerprint density at radius 3 is 2.86 bits per heavy atom. The van der Waals surface area contributed by atoms with Crippen molar-refractivity contribution in [3.63, 3.8) is 0 Å². The van der Waals surface area contributed by atoms with Crippen molar-refractivity contribution < 1.29 is 8.42 Å². The summed E-state index contributed by atoms with van der Waals surface area (Å²) in [7, 11) is -3.60. The molecular formula is C13H16BrN3O2S2. The van der Waals surface area contributed by atoms with Crippen LogP contribution in [0, 0.1) is 0 Å². The summed E-state index contributed by atoms with van der Waals surface area (Å²) in [5.41, 5.74) is 0. The van der Waals surface area contributed by atoms with Gasteiger partial charge in [0.25, 0.3) is 10.0 Å². The molecule has 0 fully saturated rings. The first-order chi connectivity index (χ1) is 10.0. The van der Waals surface area contributed by atoms with E-state index in [1.807, 2.05) is 6.07 Å². The number of rotatable bonds is 7. The van der Waals surface area contributed by atoms with E-state index in [4.69, 9.17) is 0 Å².